The fraction of sp³-hybridized carbons (Fsp3) is 0.562. The number of aryl methyl sites for hydroxylation is 1. The van der Waals surface area contributed by atoms with Crippen LogP contribution in [0.4, 0.5) is 0 Å². The molecule has 21 heavy (non-hydrogen) atoms. The lowest BCUT2D eigenvalue weighted by Crippen LogP contribution is -2.42. The number of hydrogen-bond acceptors (Lipinski definition) is 3. The van der Waals surface area contributed by atoms with Crippen molar-refractivity contribution < 1.29 is 9.53 Å². The van der Waals surface area contributed by atoms with E-state index in [0.717, 1.165) is 25.4 Å². The second-order valence-electron chi connectivity index (χ2n) is 5.53. The fourth-order valence-electron chi connectivity index (χ4n) is 2.36. The van der Waals surface area contributed by atoms with Crippen LogP contribution in [0, 0.1) is 12.8 Å². The van der Waals surface area contributed by atoms with E-state index in [0.29, 0.717) is 5.92 Å². The Morgan fingerprint density at radius 2 is 2.14 bits per heavy atom. The van der Waals surface area contributed by atoms with E-state index in [1.165, 1.54) is 18.4 Å². The summed E-state index contributed by atoms with van der Waals surface area (Å²) in [5.41, 5.74) is 1.18. The Hall–Kier alpha value is -1.26. The van der Waals surface area contributed by atoms with Crippen molar-refractivity contribution in [3.8, 4) is 5.75 Å². The lowest BCUT2D eigenvalue weighted by atomic mass is 10.00. The molecule has 0 spiro atoms. The molecule has 1 saturated heterocycles. The van der Waals surface area contributed by atoms with Gasteiger partial charge in [0.15, 0.2) is 6.10 Å². The van der Waals surface area contributed by atoms with Crippen molar-refractivity contribution >= 4 is 18.3 Å². The molecule has 2 unspecified atom stereocenters. The second kappa shape index (κ2) is 8.90. The van der Waals surface area contributed by atoms with Crippen LogP contribution < -0.4 is 15.4 Å². The molecule has 1 aromatic carbocycles. The minimum absolute atomic E-state index is 0. The molecule has 1 aliphatic heterocycles. The van der Waals surface area contributed by atoms with Crippen molar-refractivity contribution in [2.75, 3.05) is 19.6 Å². The number of ether oxygens (including phenoxy) is 1. The molecule has 0 aliphatic carbocycles. The lowest BCUT2D eigenvalue weighted by Gasteiger charge is -2.23. The maximum atomic E-state index is 12.0. The van der Waals surface area contributed by atoms with Gasteiger partial charge in [-0.25, -0.2) is 0 Å². The van der Waals surface area contributed by atoms with Crippen LogP contribution in [0.1, 0.15) is 25.3 Å². The van der Waals surface area contributed by atoms with Crippen LogP contribution in [0.15, 0.2) is 24.3 Å². The number of rotatable bonds is 5. The monoisotopic (exact) mass is 312 g/mol. The largest absolute Gasteiger partial charge is 0.481 e. The summed E-state index contributed by atoms with van der Waals surface area (Å²) >= 11 is 0. The van der Waals surface area contributed by atoms with Crippen LogP contribution in [-0.2, 0) is 4.79 Å². The topological polar surface area (TPSA) is 50.4 Å². The average Bonchev–Trinajstić information content (AvgIpc) is 2.48. The van der Waals surface area contributed by atoms with Crippen LogP contribution in [0.5, 0.6) is 5.75 Å². The van der Waals surface area contributed by atoms with Crippen molar-refractivity contribution in [2.45, 2.75) is 32.8 Å². The van der Waals surface area contributed by atoms with Gasteiger partial charge < -0.3 is 15.4 Å². The molecule has 0 radical (unpaired) electrons. The van der Waals surface area contributed by atoms with E-state index in [9.17, 15) is 4.79 Å². The van der Waals surface area contributed by atoms with E-state index in [4.69, 9.17) is 4.74 Å². The number of halogens is 1. The van der Waals surface area contributed by atoms with Crippen molar-refractivity contribution in [3.05, 3.63) is 29.8 Å². The van der Waals surface area contributed by atoms with Gasteiger partial charge in [0.1, 0.15) is 5.75 Å². The SMILES string of the molecule is Cc1ccc(OC(C)C(=O)NCC2CCCNC2)cc1.Cl. The molecule has 118 valence electrons. The van der Waals surface area contributed by atoms with Crippen LogP contribution in [0.25, 0.3) is 0 Å². The minimum atomic E-state index is -0.464. The third-order valence-corrected chi connectivity index (χ3v) is 3.67. The molecule has 1 heterocycles. The average molecular weight is 313 g/mol. The van der Waals surface area contributed by atoms with E-state index in [-0.39, 0.29) is 18.3 Å². The summed E-state index contributed by atoms with van der Waals surface area (Å²) in [6, 6.07) is 7.75. The summed E-state index contributed by atoms with van der Waals surface area (Å²) in [6.45, 7) is 6.63. The highest BCUT2D eigenvalue weighted by Gasteiger charge is 2.18. The van der Waals surface area contributed by atoms with Crippen molar-refractivity contribution in [1.82, 2.24) is 10.6 Å². The Morgan fingerprint density at radius 3 is 2.76 bits per heavy atom. The molecule has 1 aliphatic rings. The maximum absolute atomic E-state index is 12.0. The van der Waals surface area contributed by atoms with Gasteiger partial charge in [0.25, 0.3) is 5.91 Å². The normalized spacial score (nSPS) is 19.2. The molecule has 5 heteroatoms. The smallest absolute Gasteiger partial charge is 0.260 e. The highest BCUT2D eigenvalue weighted by Crippen LogP contribution is 2.13. The zero-order chi connectivity index (χ0) is 14.4. The Balaban J connectivity index is 0.00000220. The number of amides is 1. The summed E-state index contributed by atoms with van der Waals surface area (Å²) in [5.74, 6) is 1.23. The highest BCUT2D eigenvalue weighted by molar-refractivity contribution is 5.85. The number of nitrogens with one attached hydrogen (secondary N) is 2. The summed E-state index contributed by atoms with van der Waals surface area (Å²) in [5, 5.41) is 6.33. The maximum Gasteiger partial charge on any atom is 0.260 e. The third kappa shape index (κ3) is 5.94. The summed E-state index contributed by atoms with van der Waals surface area (Å²) < 4.78 is 5.64. The quantitative estimate of drug-likeness (QED) is 0.877. The molecule has 2 rings (SSSR count). The van der Waals surface area contributed by atoms with Crippen LogP contribution in [0.3, 0.4) is 0 Å². The fourth-order valence-corrected chi connectivity index (χ4v) is 2.36. The predicted octanol–water partition coefficient (Wildman–Crippen LogP) is 2.30. The Labute approximate surface area is 133 Å². The molecular formula is C16H25ClN2O2. The van der Waals surface area contributed by atoms with Gasteiger partial charge in [-0.1, -0.05) is 17.7 Å². The van der Waals surface area contributed by atoms with E-state index in [1.54, 1.807) is 6.92 Å². The predicted molar refractivity (Wildman–Crippen MR) is 87.1 cm³/mol. The zero-order valence-corrected chi connectivity index (χ0v) is 13.5. The molecule has 0 saturated carbocycles. The van der Waals surface area contributed by atoms with E-state index < -0.39 is 6.10 Å². The molecule has 0 bridgehead atoms. The Kier molecular flexibility index (Phi) is 7.54. The number of hydrogen-bond donors (Lipinski definition) is 2. The molecule has 1 aromatic rings. The number of benzene rings is 1. The standard InChI is InChI=1S/C16H24N2O2.ClH/c1-12-5-7-15(8-6-12)20-13(2)16(19)18-11-14-4-3-9-17-10-14;/h5-8,13-14,17H,3-4,9-11H2,1-2H3,(H,18,19);1H. The summed E-state index contributed by atoms with van der Waals surface area (Å²) in [4.78, 5) is 12.0. The first kappa shape index (κ1) is 17.8. The van der Waals surface area contributed by atoms with Crippen LogP contribution >= 0.6 is 12.4 Å². The minimum Gasteiger partial charge on any atom is -0.481 e. The highest BCUT2D eigenvalue weighted by atomic mass is 35.5. The summed E-state index contributed by atoms with van der Waals surface area (Å²) in [7, 11) is 0. The summed E-state index contributed by atoms with van der Waals surface area (Å²) in [6.07, 6.45) is 1.91. The van der Waals surface area contributed by atoms with Crippen LogP contribution in [0.2, 0.25) is 0 Å². The van der Waals surface area contributed by atoms with Gasteiger partial charge in [-0.05, 0) is 57.8 Å². The van der Waals surface area contributed by atoms with E-state index >= 15 is 0 Å². The van der Waals surface area contributed by atoms with Gasteiger partial charge in [0.2, 0.25) is 0 Å². The molecular weight excluding hydrogens is 288 g/mol. The first-order chi connectivity index (χ1) is 9.65. The van der Waals surface area contributed by atoms with Crippen molar-refractivity contribution in [3.63, 3.8) is 0 Å². The Morgan fingerprint density at radius 1 is 1.43 bits per heavy atom. The molecule has 0 aromatic heterocycles. The van der Waals surface area contributed by atoms with E-state index in [2.05, 4.69) is 10.6 Å². The molecule has 2 N–H and O–H groups in total. The van der Waals surface area contributed by atoms with Gasteiger partial charge >= 0.3 is 0 Å². The first-order valence-corrected chi connectivity index (χ1v) is 7.37. The molecule has 2 atom stereocenters. The van der Waals surface area contributed by atoms with E-state index in [1.807, 2.05) is 31.2 Å². The van der Waals surface area contributed by atoms with Crippen LogP contribution in [-0.4, -0.2) is 31.6 Å². The lowest BCUT2D eigenvalue weighted by molar-refractivity contribution is -0.127. The molecule has 1 fully saturated rings. The number of piperidine rings is 1. The molecule has 1 amide bonds. The van der Waals surface area contributed by atoms with Crippen molar-refractivity contribution in [1.29, 1.82) is 0 Å². The van der Waals surface area contributed by atoms with Gasteiger partial charge in [-0.2, -0.15) is 0 Å². The zero-order valence-electron chi connectivity index (χ0n) is 12.7. The van der Waals surface area contributed by atoms with Crippen molar-refractivity contribution in [2.24, 2.45) is 5.92 Å². The third-order valence-electron chi connectivity index (χ3n) is 3.67. The van der Waals surface area contributed by atoms with Gasteiger partial charge in [-0.3, -0.25) is 4.79 Å². The molecule has 4 nitrogen and oxygen atoms in total. The number of carbonyl (C=O) groups is 1. The second-order valence-corrected chi connectivity index (χ2v) is 5.53. The van der Waals surface area contributed by atoms with Gasteiger partial charge in [0, 0.05) is 6.54 Å². The van der Waals surface area contributed by atoms with Gasteiger partial charge in [0.05, 0.1) is 0 Å². The van der Waals surface area contributed by atoms with Gasteiger partial charge in [-0.15, -0.1) is 12.4 Å². The number of carbonyl (C=O) groups excluding carboxylic acids is 1. The Bertz CT molecular complexity index is 430. The first-order valence-electron chi connectivity index (χ1n) is 7.37.